The minimum absolute atomic E-state index is 0.574. The fraction of sp³-hybridized carbons (Fsp3) is 0.417. The fourth-order valence-corrected chi connectivity index (χ4v) is 1.59. The third-order valence-corrected chi connectivity index (χ3v) is 2.34. The SMILES string of the molecule is COc1cc(C#N)cc(CCCN)c1OC. The van der Waals surface area contributed by atoms with E-state index in [1.54, 1.807) is 20.3 Å². The molecule has 0 aliphatic rings. The van der Waals surface area contributed by atoms with E-state index in [1.807, 2.05) is 6.07 Å². The number of hydrogen-bond donors (Lipinski definition) is 1. The van der Waals surface area contributed by atoms with Gasteiger partial charge in [-0.15, -0.1) is 0 Å². The molecule has 16 heavy (non-hydrogen) atoms. The average Bonchev–Trinajstić information content (AvgIpc) is 2.34. The lowest BCUT2D eigenvalue weighted by molar-refractivity contribution is 0.351. The standard InChI is InChI=1S/C12H16N2O2/c1-15-11-7-9(8-14)6-10(4-3-5-13)12(11)16-2/h6-7H,3-5,13H2,1-2H3. The molecule has 0 bridgehead atoms. The second-order valence-electron chi connectivity index (χ2n) is 3.37. The highest BCUT2D eigenvalue weighted by Crippen LogP contribution is 2.33. The molecular formula is C12H16N2O2. The molecule has 0 amide bonds. The smallest absolute Gasteiger partial charge is 0.163 e. The van der Waals surface area contributed by atoms with Crippen molar-refractivity contribution in [2.45, 2.75) is 12.8 Å². The number of aryl methyl sites for hydroxylation is 1. The van der Waals surface area contributed by atoms with E-state index in [2.05, 4.69) is 6.07 Å². The lowest BCUT2D eigenvalue weighted by atomic mass is 10.0. The largest absolute Gasteiger partial charge is 0.493 e. The zero-order valence-electron chi connectivity index (χ0n) is 9.62. The predicted octanol–water partition coefficient (Wildman–Crippen LogP) is 1.47. The summed E-state index contributed by atoms with van der Waals surface area (Å²) in [7, 11) is 3.15. The summed E-state index contributed by atoms with van der Waals surface area (Å²) in [5, 5.41) is 8.90. The average molecular weight is 220 g/mol. The summed E-state index contributed by atoms with van der Waals surface area (Å²) in [6, 6.07) is 5.59. The molecular weight excluding hydrogens is 204 g/mol. The quantitative estimate of drug-likeness (QED) is 0.815. The van der Waals surface area contributed by atoms with Gasteiger partial charge < -0.3 is 15.2 Å². The van der Waals surface area contributed by atoms with Crippen molar-refractivity contribution in [3.63, 3.8) is 0 Å². The highest BCUT2D eigenvalue weighted by molar-refractivity contribution is 5.52. The van der Waals surface area contributed by atoms with Crippen LogP contribution in [-0.4, -0.2) is 20.8 Å². The molecule has 0 heterocycles. The van der Waals surface area contributed by atoms with Gasteiger partial charge in [0.25, 0.3) is 0 Å². The van der Waals surface area contributed by atoms with Gasteiger partial charge >= 0.3 is 0 Å². The van der Waals surface area contributed by atoms with Crippen molar-refractivity contribution in [3.05, 3.63) is 23.3 Å². The minimum atomic E-state index is 0.574. The summed E-state index contributed by atoms with van der Waals surface area (Å²) in [4.78, 5) is 0. The molecule has 0 spiro atoms. The Morgan fingerprint density at radius 2 is 2.06 bits per heavy atom. The zero-order chi connectivity index (χ0) is 12.0. The maximum Gasteiger partial charge on any atom is 0.163 e. The monoisotopic (exact) mass is 220 g/mol. The Hall–Kier alpha value is -1.73. The van der Waals surface area contributed by atoms with Crippen molar-refractivity contribution in [1.29, 1.82) is 5.26 Å². The molecule has 1 aromatic carbocycles. The highest BCUT2D eigenvalue weighted by Gasteiger charge is 2.11. The number of nitrogens with two attached hydrogens (primary N) is 1. The summed E-state index contributed by atoms with van der Waals surface area (Å²) in [5.41, 5.74) is 7.01. The molecule has 4 heteroatoms. The Bertz CT molecular complexity index is 397. The van der Waals surface area contributed by atoms with E-state index in [0.717, 1.165) is 18.4 Å². The Balaban J connectivity index is 3.16. The normalized spacial score (nSPS) is 9.62. The van der Waals surface area contributed by atoms with Gasteiger partial charge in [0.15, 0.2) is 11.5 Å². The van der Waals surface area contributed by atoms with Crippen molar-refractivity contribution < 1.29 is 9.47 Å². The van der Waals surface area contributed by atoms with Crippen LogP contribution in [0.1, 0.15) is 17.5 Å². The number of methoxy groups -OCH3 is 2. The number of nitrogens with zero attached hydrogens (tertiary/aromatic N) is 1. The van der Waals surface area contributed by atoms with E-state index in [0.29, 0.717) is 23.6 Å². The van der Waals surface area contributed by atoms with Crippen LogP contribution in [-0.2, 0) is 6.42 Å². The van der Waals surface area contributed by atoms with Crippen LogP contribution < -0.4 is 15.2 Å². The van der Waals surface area contributed by atoms with Gasteiger partial charge in [-0.05, 0) is 31.0 Å². The van der Waals surface area contributed by atoms with Crippen LogP contribution in [0.15, 0.2) is 12.1 Å². The molecule has 86 valence electrons. The molecule has 4 nitrogen and oxygen atoms in total. The molecule has 0 aliphatic heterocycles. The second-order valence-corrected chi connectivity index (χ2v) is 3.37. The molecule has 0 fully saturated rings. The van der Waals surface area contributed by atoms with Crippen molar-refractivity contribution in [3.8, 4) is 17.6 Å². The fourth-order valence-electron chi connectivity index (χ4n) is 1.59. The topological polar surface area (TPSA) is 68.3 Å². The molecule has 1 rings (SSSR count). The van der Waals surface area contributed by atoms with E-state index < -0.39 is 0 Å². The number of nitriles is 1. The van der Waals surface area contributed by atoms with Crippen LogP contribution in [0.3, 0.4) is 0 Å². The number of rotatable bonds is 5. The van der Waals surface area contributed by atoms with Crippen LogP contribution in [0.5, 0.6) is 11.5 Å². The Morgan fingerprint density at radius 3 is 2.56 bits per heavy atom. The van der Waals surface area contributed by atoms with Gasteiger partial charge in [0.1, 0.15) is 0 Å². The molecule has 0 unspecified atom stereocenters. The van der Waals surface area contributed by atoms with E-state index in [9.17, 15) is 0 Å². The van der Waals surface area contributed by atoms with Gasteiger partial charge in [-0.3, -0.25) is 0 Å². The van der Waals surface area contributed by atoms with E-state index in [-0.39, 0.29) is 0 Å². The first-order valence-corrected chi connectivity index (χ1v) is 5.11. The van der Waals surface area contributed by atoms with Gasteiger partial charge in [-0.25, -0.2) is 0 Å². The van der Waals surface area contributed by atoms with Gasteiger partial charge in [-0.2, -0.15) is 5.26 Å². The first-order valence-electron chi connectivity index (χ1n) is 5.11. The van der Waals surface area contributed by atoms with E-state index in [4.69, 9.17) is 20.5 Å². The molecule has 0 saturated carbocycles. The predicted molar refractivity (Wildman–Crippen MR) is 61.6 cm³/mol. The molecule has 2 N–H and O–H groups in total. The molecule has 0 aliphatic carbocycles. The molecule has 0 atom stereocenters. The van der Waals surface area contributed by atoms with Gasteiger partial charge in [-0.1, -0.05) is 0 Å². The third-order valence-electron chi connectivity index (χ3n) is 2.34. The number of hydrogen-bond acceptors (Lipinski definition) is 4. The number of benzene rings is 1. The van der Waals surface area contributed by atoms with Crippen LogP contribution in [0.25, 0.3) is 0 Å². The van der Waals surface area contributed by atoms with E-state index in [1.165, 1.54) is 0 Å². The van der Waals surface area contributed by atoms with Gasteiger partial charge in [0, 0.05) is 6.07 Å². The summed E-state index contributed by atoms with van der Waals surface area (Å²) in [5.74, 6) is 1.28. The molecule has 1 aromatic rings. The highest BCUT2D eigenvalue weighted by atomic mass is 16.5. The number of ether oxygens (including phenoxy) is 2. The Kier molecular flexibility index (Phi) is 4.62. The maximum atomic E-state index is 8.90. The van der Waals surface area contributed by atoms with Crippen molar-refractivity contribution in [2.75, 3.05) is 20.8 Å². The summed E-state index contributed by atoms with van der Waals surface area (Å²) in [6.07, 6.45) is 1.64. The Morgan fingerprint density at radius 1 is 1.31 bits per heavy atom. The minimum Gasteiger partial charge on any atom is -0.493 e. The molecule has 0 radical (unpaired) electrons. The van der Waals surface area contributed by atoms with Crippen molar-refractivity contribution in [1.82, 2.24) is 0 Å². The van der Waals surface area contributed by atoms with Crippen LogP contribution in [0.4, 0.5) is 0 Å². The first-order chi connectivity index (χ1) is 7.76. The molecule has 0 aromatic heterocycles. The summed E-state index contributed by atoms with van der Waals surface area (Å²) in [6.45, 7) is 0.613. The van der Waals surface area contributed by atoms with E-state index >= 15 is 0 Å². The second kappa shape index (κ2) is 5.99. The summed E-state index contributed by atoms with van der Waals surface area (Å²) >= 11 is 0. The molecule has 0 saturated heterocycles. The van der Waals surface area contributed by atoms with Crippen LogP contribution in [0.2, 0.25) is 0 Å². The van der Waals surface area contributed by atoms with Gasteiger partial charge in [0.05, 0.1) is 25.9 Å². The zero-order valence-corrected chi connectivity index (χ0v) is 9.62. The van der Waals surface area contributed by atoms with Gasteiger partial charge in [0.2, 0.25) is 0 Å². The van der Waals surface area contributed by atoms with Crippen LogP contribution >= 0.6 is 0 Å². The van der Waals surface area contributed by atoms with Crippen molar-refractivity contribution >= 4 is 0 Å². The first kappa shape index (κ1) is 12.3. The van der Waals surface area contributed by atoms with Crippen molar-refractivity contribution in [2.24, 2.45) is 5.73 Å². The lowest BCUT2D eigenvalue weighted by Crippen LogP contribution is -2.03. The Labute approximate surface area is 95.6 Å². The lowest BCUT2D eigenvalue weighted by Gasteiger charge is -2.12. The third kappa shape index (κ3) is 2.65. The summed E-state index contributed by atoms with van der Waals surface area (Å²) < 4.78 is 10.5. The maximum absolute atomic E-state index is 8.90. The van der Waals surface area contributed by atoms with Crippen LogP contribution in [0, 0.1) is 11.3 Å².